The first kappa shape index (κ1) is 18.8. The predicted molar refractivity (Wildman–Crippen MR) is 129 cm³/mol. The SMILES string of the molecule is N#Cc1ccc(-c2cc3n(c2)Cc2cc(N4CC5CCCC5C4)ccc2-n2ccnc2-3)cc1. The molecule has 1 aliphatic carbocycles. The van der Waals surface area contributed by atoms with Crippen molar-refractivity contribution in [1.82, 2.24) is 14.1 Å². The summed E-state index contributed by atoms with van der Waals surface area (Å²) >= 11 is 0. The van der Waals surface area contributed by atoms with E-state index in [9.17, 15) is 0 Å². The number of hydrogen-bond acceptors (Lipinski definition) is 3. The highest BCUT2D eigenvalue weighted by atomic mass is 15.2. The second-order valence-electron chi connectivity index (χ2n) is 9.72. The largest absolute Gasteiger partial charge is 0.371 e. The summed E-state index contributed by atoms with van der Waals surface area (Å²) in [5, 5.41) is 9.12. The zero-order valence-corrected chi connectivity index (χ0v) is 18.5. The topological polar surface area (TPSA) is 49.8 Å². The summed E-state index contributed by atoms with van der Waals surface area (Å²) in [7, 11) is 0. The van der Waals surface area contributed by atoms with Crippen LogP contribution in [0.25, 0.3) is 28.3 Å². The summed E-state index contributed by atoms with van der Waals surface area (Å²) in [5.41, 5.74) is 7.96. The summed E-state index contributed by atoms with van der Waals surface area (Å²) in [6, 6.07) is 19.2. The molecule has 2 fully saturated rings. The van der Waals surface area contributed by atoms with Crippen molar-refractivity contribution in [3.8, 4) is 34.4 Å². The van der Waals surface area contributed by atoms with E-state index in [-0.39, 0.29) is 0 Å². The molecule has 33 heavy (non-hydrogen) atoms. The minimum atomic E-state index is 0.683. The number of nitriles is 1. The number of anilines is 1. The summed E-state index contributed by atoms with van der Waals surface area (Å²) in [5.74, 6) is 2.74. The average Bonchev–Trinajstić information content (AvgIpc) is 3.62. The molecule has 1 saturated carbocycles. The van der Waals surface area contributed by atoms with Gasteiger partial charge in [-0.05, 0) is 72.2 Å². The Morgan fingerprint density at radius 2 is 1.76 bits per heavy atom. The third-order valence-electron chi connectivity index (χ3n) is 7.87. The molecule has 2 unspecified atom stereocenters. The van der Waals surface area contributed by atoms with E-state index in [1.54, 1.807) is 0 Å². The van der Waals surface area contributed by atoms with Crippen molar-refractivity contribution in [2.24, 2.45) is 11.8 Å². The third-order valence-corrected chi connectivity index (χ3v) is 7.87. The minimum absolute atomic E-state index is 0.683. The smallest absolute Gasteiger partial charge is 0.161 e. The zero-order chi connectivity index (χ0) is 21.9. The molecule has 2 aliphatic heterocycles. The molecule has 0 radical (unpaired) electrons. The van der Waals surface area contributed by atoms with Gasteiger partial charge < -0.3 is 9.47 Å². The molecule has 162 valence electrons. The fourth-order valence-electron chi connectivity index (χ4n) is 6.17. The molecule has 0 bridgehead atoms. The van der Waals surface area contributed by atoms with Crippen LogP contribution in [0.15, 0.2) is 67.1 Å². The monoisotopic (exact) mass is 431 g/mol. The van der Waals surface area contributed by atoms with Gasteiger partial charge in [0, 0.05) is 49.5 Å². The Kier molecular flexibility index (Phi) is 4.04. The maximum atomic E-state index is 9.12. The van der Waals surface area contributed by atoms with Crippen molar-refractivity contribution < 1.29 is 0 Å². The highest BCUT2D eigenvalue weighted by molar-refractivity contribution is 5.72. The number of fused-ring (bicyclic) bond motifs is 6. The van der Waals surface area contributed by atoms with Gasteiger partial charge >= 0.3 is 0 Å². The van der Waals surface area contributed by atoms with Gasteiger partial charge in [-0.2, -0.15) is 5.26 Å². The maximum absolute atomic E-state index is 9.12. The van der Waals surface area contributed by atoms with Gasteiger partial charge in [0.1, 0.15) is 0 Å². The van der Waals surface area contributed by atoms with Crippen LogP contribution in [-0.4, -0.2) is 27.2 Å². The van der Waals surface area contributed by atoms with E-state index in [1.807, 2.05) is 30.5 Å². The Morgan fingerprint density at radius 1 is 0.939 bits per heavy atom. The molecule has 4 heterocycles. The first-order valence-corrected chi connectivity index (χ1v) is 11.9. The number of hydrogen-bond donors (Lipinski definition) is 0. The molecule has 2 aromatic heterocycles. The minimum Gasteiger partial charge on any atom is -0.371 e. The van der Waals surface area contributed by atoms with Gasteiger partial charge in [0.15, 0.2) is 5.82 Å². The summed E-state index contributed by atoms with van der Waals surface area (Å²) in [6.07, 6.45) is 10.4. The van der Waals surface area contributed by atoms with Crippen LogP contribution in [0.1, 0.15) is 30.4 Å². The fraction of sp³-hybridized carbons (Fsp3) is 0.286. The second kappa shape index (κ2) is 7.11. The van der Waals surface area contributed by atoms with E-state index < -0.39 is 0 Å². The first-order valence-electron chi connectivity index (χ1n) is 11.9. The van der Waals surface area contributed by atoms with Gasteiger partial charge in [-0.15, -0.1) is 0 Å². The van der Waals surface area contributed by atoms with E-state index in [1.165, 1.54) is 49.3 Å². The number of rotatable bonds is 2. The predicted octanol–water partition coefficient (Wildman–Crippen LogP) is 5.48. The number of benzene rings is 2. The lowest BCUT2D eigenvalue weighted by Gasteiger charge is -2.21. The van der Waals surface area contributed by atoms with Crippen LogP contribution in [0.3, 0.4) is 0 Å². The Labute approximate surface area is 193 Å². The fourth-order valence-corrected chi connectivity index (χ4v) is 6.17. The van der Waals surface area contributed by atoms with Crippen molar-refractivity contribution in [2.75, 3.05) is 18.0 Å². The van der Waals surface area contributed by atoms with Crippen molar-refractivity contribution in [3.63, 3.8) is 0 Å². The molecular formula is C28H25N5. The van der Waals surface area contributed by atoms with Gasteiger partial charge in [-0.25, -0.2) is 4.98 Å². The van der Waals surface area contributed by atoms with Crippen LogP contribution < -0.4 is 4.90 Å². The molecular weight excluding hydrogens is 406 g/mol. The van der Waals surface area contributed by atoms with E-state index in [2.05, 4.69) is 56.8 Å². The lowest BCUT2D eigenvalue weighted by atomic mass is 10.0. The van der Waals surface area contributed by atoms with E-state index in [0.717, 1.165) is 41.0 Å². The molecule has 1 saturated heterocycles. The molecule has 3 aliphatic rings. The number of nitrogens with zero attached hydrogens (tertiary/aromatic N) is 5. The van der Waals surface area contributed by atoms with E-state index in [4.69, 9.17) is 10.2 Å². The Balaban J connectivity index is 1.29. The third kappa shape index (κ3) is 2.94. The van der Waals surface area contributed by atoms with Gasteiger partial charge in [-0.3, -0.25) is 4.57 Å². The quantitative estimate of drug-likeness (QED) is 0.372. The molecule has 0 amide bonds. The van der Waals surface area contributed by atoms with Gasteiger partial charge in [-0.1, -0.05) is 18.6 Å². The van der Waals surface area contributed by atoms with E-state index >= 15 is 0 Å². The van der Waals surface area contributed by atoms with Gasteiger partial charge in [0.05, 0.1) is 23.0 Å². The summed E-state index contributed by atoms with van der Waals surface area (Å²) in [4.78, 5) is 7.32. The van der Waals surface area contributed by atoms with Crippen molar-refractivity contribution in [1.29, 1.82) is 5.26 Å². The Morgan fingerprint density at radius 3 is 2.55 bits per heavy atom. The van der Waals surface area contributed by atoms with Crippen molar-refractivity contribution in [2.45, 2.75) is 25.8 Å². The lowest BCUT2D eigenvalue weighted by molar-refractivity contribution is 0.494. The number of imidazole rings is 1. The average molecular weight is 432 g/mol. The highest BCUT2D eigenvalue weighted by Gasteiger charge is 2.36. The number of aromatic nitrogens is 3. The standard InChI is InChI=1S/C28H25N5/c29-14-19-4-6-20(7-5-19)23-13-27-28-30-10-11-33(28)26-9-8-25(12-24(26)18-32(27)17-23)31-15-21-2-1-3-22(21)16-31/h4-13,17,21-22H,1-3,15-16,18H2. The zero-order valence-electron chi connectivity index (χ0n) is 18.5. The summed E-state index contributed by atoms with van der Waals surface area (Å²) < 4.78 is 4.54. The van der Waals surface area contributed by atoms with Crippen molar-refractivity contribution in [3.05, 3.63) is 78.2 Å². The Bertz CT molecular complexity index is 1390. The van der Waals surface area contributed by atoms with Crippen LogP contribution in [0.2, 0.25) is 0 Å². The van der Waals surface area contributed by atoms with Crippen LogP contribution >= 0.6 is 0 Å². The lowest BCUT2D eigenvalue weighted by Crippen LogP contribution is -2.21. The molecule has 7 rings (SSSR count). The van der Waals surface area contributed by atoms with Crippen LogP contribution in [0.4, 0.5) is 5.69 Å². The van der Waals surface area contributed by atoms with Crippen LogP contribution in [0, 0.1) is 23.2 Å². The van der Waals surface area contributed by atoms with Crippen LogP contribution in [-0.2, 0) is 6.54 Å². The Hall–Kier alpha value is -3.78. The normalized spacial score (nSPS) is 20.5. The first-order chi connectivity index (χ1) is 16.3. The van der Waals surface area contributed by atoms with E-state index in [0.29, 0.717) is 5.56 Å². The molecule has 0 spiro atoms. The maximum Gasteiger partial charge on any atom is 0.161 e. The molecule has 4 aromatic rings. The summed E-state index contributed by atoms with van der Waals surface area (Å²) in [6.45, 7) is 3.23. The van der Waals surface area contributed by atoms with Crippen LogP contribution in [0.5, 0.6) is 0 Å². The molecule has 2 aromatic carbocycles. The highest BCUT2D eigenvalue weighted by Crippen LogP contribution is 2.41. The van der Waals surface area contributed by atoms with Crippen molar-refractivity contribution >= 4 is 5.69 Å². The van der Waals surface area contributed by atoms with Gasteiger partial charge in [0.2, 0.25) is 0 Å². The molecule has 5 heteroatoms. The molecule has 5 nitrogen and oxygen atoms in total. The van der Waals surface area contributed by atoms with Gasteiger partial charge in [0.25, 0.3) is 0 Å². The molecule has 0 N–H and O–H groups in total. The second-order valence-corrected chi connectivity index (χ2v) is 9.72. The molecule has 2 atom stereocenters.